The van der Waals surface area contributed by atoms with E-state index in [1.807, 2.05) is 10.9 Å². The molecule has 0 aliphatic carbocycles. The largest absolute Gasteiger partial charge is 0.363 e. The average molecular weight is 250 g/mol. The second-order valence-corrected chi connectivity index (χ2v) is 6.04. The van der Waals surface area contributed by atoms with Crippen LogP contribution in [-0.2, 0) is 0 Å². The Balaban J connectivity index is 2.19. The molecule has 0 saturated carbocycles. The van der Waals surface area contributed by atoms with Gasteiger partial charge >= 0.3 is 0 Å². The molecule has 1 aromatic rings. The van der Waals surface area contributed by atoms with Crippen LogP contribution >= 0.6 is 0 Å². The van der Waals surface area contributed by atoms with Gasteiger partial charge in [0.05, 0.1) is 11.9 Å². The van der Waals surface area contributed by atoms with Gasteiger partial charge in [0.2, 0.25) is 0 Å². The van der Waals surface area contributed by atoms with Crippen LogP contribution in [0.5, 0.6) is 0 Å². The Morgan fingerprint density at radius 2 is 2.28 bits per heavy atom. The molecule has 102 valence electrons. The smallest absolute Gasteiger partial charge is 0.0756 e. The van der Waals surface area contributed by atoms with Crippen molar-refractivity contribution in [3.63, 3.8) is 0 Å². The number of nitrogens with zero attached hydrogens (tertiary/aromatic N) is 3. The predicted octanol–water partition coefficient (Wildman–Crippen LogP) is 2.43. The molecule has 4 heteroatoms. The van der Waals surface area contributed by atoms with Gasteiger partial charge in [-0.25, -0.2) is 0 Å². The topological polar surface area (TPSA) is 33.1 Å². The van der Waals surface area contributed by atoms with Gasteiger partial charge in [-0.2, -0.15) is 5.10 Å². The van der Waals surface area contributed by atoms with Gasteiger partial charge in [-0.15, -0.1) is 0 Å². The molecule has 0 spiro atoms. The Labute approximate surface area is 110 Å². The summed E-state index contributed by atoms with van der Waals surface area (Å²) < 4.78 is 2.04. The van der Waals surface area contributed by atoms with E-state index in [9.17, 15) is 0 Å². The summed E-state index contributed by atoms with van der Waals surface area (Å²) in [6.45, 7) is 13.2. The fourth-order valence-electron chi connectivity index (χ4n) is 2.43. The lowest BCUT2D eigenvalue weighted by molar-refractivity contribution is 0.285. The highest BCUT2D eigenvalue weighted by atomic mass is 15.3. The SMILES string of the molecule is CCC1(C)CN(c2cnn(C(C)C)c2)C(C)CN1. The molecule has 0 bridgehead atoms. The third kappa shape index (κ3) is 2.53. The van der Waals surface area contributed by atoms with Gasteiger partial charge in [0.15, 0.2) is 0 Å². The van der Waals surface area contributed by atoms with Crippen molar-refractivity contribution in [2.45, 2.75) is 58.7 Å². The molecule has 0 radical (unpaired) electrons. The zero-order valence-corrected chi connectivity index (χ0v) is 12.3. The van der Waals surface area contributed by atoms with Gasteiger partial charge in [0.1, 0.15) is 0 Å². The van der Waals surface area contributed by atoms with E-state index < -0.39 is 0 Å². The van der Waals surface area contributed by atoms with Crippen molar-refractivity contribution < 1.29 is 0 Å². The van der Waals surface area contributed by atoms with Crippen LogP contribution in [-0.4, -0.2) is 34.5 Å². The Morgan fingerprint density at radius 3 is 2.83 bits per heavy atom. The van der Waals surface area contributed by atoms with Gasteiger partial charge in [0.25, 0.3) is 0 Å². The van der Waals surface area contributed by atoms with Crippen LogP contribution in [0.15, 0.2) is 12.4 Å². The summed E-state index contributed by atoms with van der Waals surface area (Å²) in [4.78, 5) is 2.48. The highest BCUT2D eigenvalue weighted by Crippen LogP contribution is 2.25. The molecule has 2 rings (SSSR count). The molecule has 1 aliphatic rings. The third-order valence-electron chi connectivity index (χ3n) is 4.10. The first-order valence-corrected chi connectivity index (χ1v) is 7.01. The number of aromatic nitrogens is 2. The number of rotatable bonds is 3. The van der Waals surface area contributed by atoms with Crippen molar-refractivity contribution in [1.82, 2.24) is 15.1 Å². The second-order valence-electron chi connectivity index (χ2n) is 6.04. The molecule has 0 aromatic carbocycles. The summed E-state index contributed by atoms with van der Waals surface area (Å²) in [7, 11) is 0. The lowest BCUT2D eigenvalue weighted by Gasteiger charge is -2.45. The summed E-state index contributed by atoms with van der Waals surface area (Å²) in [5.74, 6) is 0. The molecule has 4 nitrogen and oxygen atoms in total. The van der Waals surface area contributed by atoms with Gasteiger partial charge < -0.3 is 10.2 Å². The first-order chi connectivity index (χ1) is 8.45. The number of hydrogen-bond acceptors (Lipinski definition) is 3. The Morgan fingerprint density at radius 1 is 1.56 bits per heavy atom. The van der Waals surface area contributed by atoms with Crippen LogP contribution in [0.25, 0.3) is 0 Å². The summed E-state index contributed by atoms with van der Waals surface area (Å²) in [5, 5.41) is 8.11. The van der Waals surface area contributed by atoms with Crippen molar-refractivity contribution in [1.29, 1.82) is 0 Å². The highest BCUT2D eigenvalue weighted by molar-refractivity contribution is 5.45. The van der Waals surface area contributed by atoms with Crippen LogP contribution in [0, 0.1) is 0 Å². The number of anilines is 1. The fourth-order valence-corrected chi connectivity index (χ4v) is 2.43. The van der Waals surface area contributed by atoms with E-state index in [-0.39, 0.29) is 5.54 Å². The van der Waals surface area contributed by atoms with Crippen molar-refractivity contribution in [3.8, 4) is 0 Å². The minimum absolute atomic E-state index is 0.215. The Kier molecular flexibility index (Phi) is 3.66. The maximum Gasteiger partial charge on any atom is 0.0756 e. The highest BCUT2D eigenvalue weighted by Gasteiger charge is 2.33. The number of piperazine rings is 1. The lowest BCUT2D eigenvalue weighted by Crippen LogP contribution is -2.62. The van der Waals surface area contributed by atoms with Crippen molar-refractivity contribution in [2.24, 2.45) is 0 Å². The normalized spacial score (nSPS) is 29.0. The molecule has 1 aromatic heterocycles. The zero-order chi connectivity index (χ0) is 13.3. The molecule has 1 saturated heterocycles. The van der Waals surface area contributed by atoms with Crippen molar-refractivity contribution >= 4 is 5.69 Å². The maximum absolute atomic E-state index is 4.45. The molecule has 18 heavy (non-hydrogen) atoms. The predicted molar refractivity (Wildman–Crippen MR) is 76.1 cm³/mol. The molecule has 0 amide bonds. The Hall–Kier alpha value is -1.03. The van der Waals surface area contributed by atoms with Gasteiger partial charge in [0, 0.05) is 36.9 Å². The summed E-state index contributed by atoms with van der Waals surface area (Å²) in [6.07, 6.45) is 5.31. The van der Waals surface area contributed by atoms with E-state index >= 15 is 0 Å². The lowest BCUT2D eigenvalue weighted by atomic mass is 9.93. The fraction of sp³-hybridized carbons (Fsp3) is 0.786. The van der Waals surface area contributed by atoms with E-state index in [0.717, 1.165) is 19.5 Å². The third-order valence-corrected chi connectivity index (χ3v) is 4.10. The molecule has 2 unspecified atom stereocenters. The van der Waals surface area contributed by atoms with Crippen molar-refractivity contribution in [3.05, 3.63) is 12.4 Å². The molecule has 2 heterocycles. The molecule has 1 N–H and O–H groups in total. The first-order valence-electron chi connectivity index (χ1n) is 7.01. The van der Waals surface area contributed by atoms with E-state index in [1.165, 1.54) is 5.69 Å². The quantitative estimate of drug-likeness (QED) is 0.894. The Bertz CT molecular complexity index is 398. The van der Waals surface area contributed by atoms with Crippen molar-refractivity contribution in [2.75, 3.05) is 18.0 Å². The minimum atomic E-state index is 0.215. The molecular formula is C14H26N4. The molecule has 1 fully saturated rings. The average Bonchev–Trinajstić information content (AvgIpc) is 2.82. The van der Waals surface area contributed by atoms with E-state index in [0.29, 0.717) is 12.1 Å². The van der Waals surface area contributed by atoms with Crippen LogP contribution in [0.4, 0.5) is 5.69 Å². The summed E-state index contributed by atoms with van der Waals surface area (Å²) >= 11 is 0. The van der Waals surface area contributed by atoms with Gasteiger partial charge in [-0.3, -0.25) is 4.68 Å². The summed E-state index contributed by atoms with van der Waals surface area (Å²) in [5.41, 5.74) is 1.46. The first kappa shape index (κ1) is 13.4. The standard InChI is InChI=1S/C14H26N4/c1-6-14(5)10-17(12(4)7-15-14)13-8-16-18(9-13)11(2)3/h8-9,11-12,15H,6-7,10H2,1-5H3. The monoisotopic (exact) mass is 250 g/mol. The maximum atomic E-state index is 4.45. The van der Waals surface area contributed by atoms with Crippen LogP contribution in [0.3, 0.4) is 0 Å². The van der Waals surface area contributed by atoms with Crippen LogP contribution in [0.2, 0.25) is 0 Å². The molecule has 1 aliphatic heterocycles. The number of nitrogens with one attached hydrogen (secondary N) is 1. The van der Waals surface area contributed by atoms with E-state index in [2.05, 4.69) is 56.1 Å². The van der Waals surface area contributed by atoms with E-state index in [1.54, 1.807) is 0 Å². The van der Waals surface area contributed by atoms with Gasteiger partial charge in [-0.1, -0.05) is 6.92 Å². The van der Waals surface area contributed by atoms with Gasteiger partial charge in [-0.05, 0) is 34.1 Å². The summed E-state index contributed by atoms with van der Waals surface area (Å²) in [6, 6.07) is 0.948. The molecule has 2 atom stereocenters. The second kappa shape index (κ2) is 4.92. The number of hydrogen-bond donors (Lipinski definition) is 1. The van der Waals surface area contributed by atoms with E-state index in [4.69, 9.17) is 0 Å². The zero-order valence-electron chi connectivity index (χ0n) is 12.3. The van der Waals surface area contributed by atoms with Crippen LogP contribution < -0.4 is 10.2 Å². The molecular weight excluding hydrogens is 224 g/mol. The van der Waals surface area contributed by atoms with Crippen LogP contribution in [0.1, 0.15) is 47.1 Å². The minimum Gasteiger partial charge on any atom is -0.363 e.